The number of para-hydroxylation sites is 4. The molecule has 7 aromatic rings. The minimum atomic E-state index is 0.180. The first kappa shape index (κ1) is 17.9. The molecule has 2 aliphatic heterocycles. The van der Waals surface area contributed by atoms with Crippen LogP contribution in [0, 0.1) is 0 Å². The molecule has 9 rings (SSSR count). The maximum absolute atomic E-state index is 6.81. The van der Waals surface area contributed by atoms with Crippen LogP contribution in [-0.2, 0) is 0 Å². The molecule has 4 heterocycles. The highest BCUT2D eigenvalue weighted by Gasteiger charge is 2.42. The van der Waals surface area contributed by atoms with Gasteiger partial charge in [0.05, 0.1) is 16.6 Å². The van der Waals surface area contributed by atoms with E-state index in [1.165, 1.54) is 32.9 Å². The highest BCUT2D eigenvalue weighted by molar-refractivity contribution is 7.00. The topological polar surface area (TPSA) is 26.5 Å². The van der Waals surface area contributed by atoms with Crippen LogP contribution in [0.5, 0.6) is 11.5 Å². The van der Waals surface area contributed by atoms with Crippen molar-refractivity contribution in [2.45, 2.75) is 0 Å². The Labute approximate surface area is 201 Å². The molecule has 3 nitrogen and oxygen atoms in total. The van der Waals surface area contributed by atoms with Gasteiger partial charge in [0.15, 0.2) is 0 Å². The van der Waals surface area contributed by atoms with Crippen LogP contribution in [0.25, 0.3) is 49.5 Å². The van der Waals surface area contributed by atoms with Gasteiger partial charge in [0, 0.05) is 16.2 Å². The summed E-state index contributed by atoms with van der Waals surface area (Å²) >= 11 is 0. The van der Waals surface area contributed by atoms with Gasteiger partial charge < -0.3 is 4.74 Å². The average molecular weight is 444 g/mol. The molecule has 0 saturated heterocycles. The molecule has 35 heavy (non-hydrogen) atoms. The van der Waals surface area contributed by atoms with Crippen molar-refractivity contribution in [3.05, 3.63) is 103 Å². The van der Waals surface area contributed by atoms with Gasteiger partial charge in [0.1, 0.15) is 17.1 Å². The van der Waals surface area contributed by atoms with Gasteiger partial charge in [0.2, 0.25) is 0 Å². The summed E-state index contributed by atoms with van der Waals surface area (Å²) in [5.41, 5.74) is 10.7. The Kier molecular flexibility index (Phi) is 3.11. The number of benzene rings is 5. The highest BCUT2D eigenvalue weighted by Crippen LogP contribution is 2.44. The maximum Gasteiger partial charge on any atom is 0.252 e. The van der Waals surface area contributed by atoms with E-state index in [-0.39, 0.29) is 6.71 Å². The SMILES string of the molecule is c1ccc2c(c1)Oc1c3c(cc4c1c1ccccc1n1c5ccccc5nc41)-c1ccccc1B23. The first-order valence-corrected chi connectivity index (χ1v) is 12.0. The minimum Gasteiger partial charge on any atom is -0.458 e. The average Bonchev–Trinajstić information content (AvgIpc) is 3.47. The Bertz CT molecular complexity index is 2060. The molecule has 4 heteroatoms. The van der Waals surface area contributed by atoms with Gasteiger partial charge in [0.25, 0.3) is 6.71 Å². The van der Waals surface area contributed by atoms with E-state index in [2.05, 4.69) is 108 Å². The zero-order valence-corrected chi connectivity index (χ0v) is 18.7. The van der Waals surface area contributed by atoms with E-state index in [9.17, 15) is 0 Å². The second kappa shape index (κ2) is 6.11. The summed E-state index contributed by atoms with van der Waals surface area (Å²) in [6.07, 6.45) is 0. The van der Waals surface area contributed by atoms with Crippen molar-refractivity contribution in [1.29, 1.82) is 0 Å². The summed E-state index contributed by atoms with van der Waals surface area (Å²) in [7, 11) is 0. The third-order valence-corrected chi connectivity index (χ3v) is 7.83. The van der Waals surface area contributed by atoms with Crippen molar-refractivity contribution in [2.24, 2.45) is 0 Å². The Hall–Kier alpha value is -4.57. The molecule has 0 atom stereocenters. The predicted molar refractivity (Wildman–Crippen MR) is 144 cm³/mol. The molecule has 0 fully saturated rings. The number of nitrogens with zero attached hydrogens (tertiary/aromatic N) is 2. The Balaban J connectivity index is 1.57. The summed E-state index contributed by atoms with van der Waals surface area (Å²) in [5.74, 6) is 1.92. The molecule has 5 aromatic carbocycles. The third kappa shape index (κ3) is 2.07. The Morgan fingerprint density at radius 1 is 0.657 bits per heavy atom. The number of ether oxygens (including phenoxy) is 1. The zero-order valence-electron chi connectivity index (χ0n) is 18.7. The molecular weight excluding hydrogens is 427 g/mol. The summed E-state index contributed by atoms with van der Waals surface area (Å²) in [5, 5.41) is 3.46. The zero-order chi connectivity index (χ0) is 22.7. The van der Waals surface area contributed by atoms with Gasteiger partial charge in [-0.05, 0) is 52.4 Å². The lowest BCUT2D eigenvalue weighted by Crippen LogP contribution is -2.52. The molecule has 0 bridgehead atoms. The first-order chi connectivity index (χ1) is 17.4. The van der Waals surface area contributed by atoms with Gasteiger partial charge >= 0.3 is 0 Å². The van der Waals surface area contributed by atoms with Gasteiger partial charge in [-0.1, -0.05) is 78.3 Å². The first-order valence-electron chi connectivity index (χ1n) is 12.0. The Morgan fingerprint density at radius 2 is 1.40 bits per heavy atom. The Morgan fingerprint density at radius 3 is 2.34 bits per heavy atom. The van der Waals surface area contributed by atoms with E-state index < -0.39 is 0 Å². The van der Waals surface area contributed by atoms with Crippen LogP contribution in [0.3, 0.4) is 0 Å². The van der Waals surface area contributed by atoms with Crippen molar-refractivity contribution < 1.29 is 4.74 Å². The fourth-order valence-electron chi connectivity index (χ4n) is 6.46. The van der Waals surface area contributed by atoms with Gasteiger partial charge in [-0.2, -0.15) is 0 Å². The summed E-state index contributed by atoms with van der Waals surface area (Å²) in [6, 6.07) is 36.7. The van der Waals surface area contributed by atoms with Crippen LogP contribution in [0.1, 0.15) is 0 Å². The van der Waals surface area contributed by atoms with Crippen molar-refractivity contribution >= 4 is 61.5 Å². The predicted octanol–water partition coefficient (Wildman–Crippen LogP) is 5.40. The number of hydrogen-bond acceptors (Lipinski definition) is 2. The largest absolute Gasteiger partial charge is 0.458 e. The van der Waals surface area contributed by atoms with E-state index >= 15 is 0 Å². The van der Waals surface area contributed by atoms with E-state index in [1.54, 1.807) is 0 Å². The van der Waals surface area contributed by atoms with E-state index in [0.717, 1.165) is 44.5 Å². The molecule has 0 N–H and O–H groups in total. The monoisotopic (exact) mass is 444 g/mol. The highest BCUT2D eigenvalue weighted by atomic mass is 16.5. The van der Waals surface area contributed by atoms with E-state index in [0.29, 0.717) is 0 Å². The molecule has 2 aliphatic rings. The molecule has 0 unspecified atom stereocenters. The van der Waals surface area contributed by atoms with Crippen molar-refractivity contribution in [3.63, 3.8) is 0 Å². The quantitative estimate of drug-likeness (QED) is 0.232. The van der Waals surface area contributed by atoms with Gasteiger partial charge in [-0.3, -0.25) is 4.40 Å². The molecule has 0 spiro atoms. The van der Waals surface area contributed by atoms with E-state index in [1.807, 2.05) is 0 Å². The van der Waals surface area contributed by atoms with Crippen LogP contribution in [0.15, 0.2) is 103 Å². The van der Waals surface area contributed by atoms with E-state index in [4.69, 9.17) is 9.72 Å². The minimum absolute atomic E-state index is 0.180. The molecule has 160 valence electrons. The molecular formula is C31H17BN2O. The lowest BCUT2D eigenvalue weighted by molar-refractivity contribution is 0.494. The summed E-state index contributed by atoms with van der Waals surface area (Å²) in [4.78, 5) is 5.14. The van der Waals surface area contributed by atoms with Crippen molar-refractivity contribution in [1.82, 2.24) is 9.38 Å². The fourth-order valence-corrected chi connectivity index (χ4v) is 6.46. The maximum atomic E-state index is 6.81. The van der Waals surface area contributed by atoms with Crippen LogP contribution in [0.4, 0.5) is 0 Å². The van der Waals surface area contributed by atoms with Gasteiger partial charge in [-0.15, -0.1) is 0 Å². The molecule has 0 aliphatic carbocycles. The number of aromatic nitrogens is 2. The van der Waals surface area contributed by atoms with Crippen LogP contribution >= 0.6 is 0 Å². The fraction of sp³-hybridized carbons (Fsp3) is 0. The van der Waals surface area contributed by atoms with Crippen molar-refractivity contribution in [2.75, 3.05) is 0 Å². The lowest BCUT2D eigenvalue weighted by Gasteiger charge is -2.26. The molecule has 0 amide bonds. The lowest BCUT2D eigenvalue weighted by atomic mass is 9.38. The van der Waals surface area contributed by atoms with Crippen LogP contribution in [-0.4, -0.2) is 16.1 Å². The van der Waals surface area contributed by atoms with Crippen molar-refractivity contribution in [3.8, 4) is 22.6 Å². The number of fused-ring (bicyclic) bond motifs is 14. The van der Waals surface area contributed by atoms with Gasteiger partial charge in [-0.25, -0.2) is 4.98 Å². The van der Waals surface area contributed by atoms with Crippen LogP contribution < -0.4 is 21.1 Å². The summed E-state index contributed by atoms with van der Waals surface area (Å²) in [6.45, 7) is 0.180. The number of pyridine rings is 1. The second-order valence-corrected chi connectivity index (χ2v) is 9.53. The smallest absolute Gasteiger partial charge is 0.252 e. The number of rotatable bonds is 0. The molecule has 0 saturated carbocycles. The second-order valence-electron chi connectivity index (χ2n) is 9.53. The standard InChI is InChI=1S/C31H17BN2O/c1-3-11-22-18(9-1)20-17-21-28(30-29(20)32(22)23-12-4-8-16-27(23)35-30)19-10-2-6-14-25(19)34-26-15-7-5-13-24(26)33-31(21)34/h1-17H. The number of imidazole rings is 1. The normalized spacial score (nSPS) is 13.3. The molecule has 2 aromatic heterocycles. The van der Waals surface area contributed by atoms with Crippen LogP contribution in [0.2, 0.25) is 0 Å². The summed E-state index contributed by atoms with van der Waals surface area (Å²) < 4.78 is 9.11. The molecule has 0 radical (unpaired) electrons. The third-order valence-electron chi connectivity index (χ3n) is 7.83. The number of hydrogen-bond donors (Lipinski definition) is 0.